The van der Waals surface area contributed by atoms with Crippen LogP contribution in [-0.2, 0) is 4.74 Å². The Morgan fingerprint density at radius 1 is 1.22 bits per heavy atom. The van der Waals surface area contributed by atoms with Gasteiger partial charge in [-0.05, 0) is 26.2 Å². The number of methoxy groups -OCH3 is 1. The molecule has 1 aromatic heterocycles. The smallest absolute Gasteiger partial charge is 0.159 e. The number of nitrogens with one attached hydrogen (secondary N) is 1. The lowest BCUT2D eigenvalue weighted by molar-refractivity contribution is 0.0925. The topological polar surface area (TPSA) is 47.0 Å². The molecule has 1 aromatic rings. The fourth-order valence-corrected chi connectivity index (χ4v) is 2.20. The highest BCUT2D eigenvalue weighted by atomic mass is 16.5. The van der Waals surface area contributed by atoms with Crippen molar-refractivity contribution >= 4 is 5.82 Å². The van der Waals surface area contributed by atoms with E-state index >= 15 is 0 Å². The molecule has 0 saturated carbocycles. The molecule has 0 aliphatic rings. The first-order valence-corrected chi connectivity index (χ1v) is 6.70. The van der Waals surface area contributed by atoms with Crippen molar-refractivity contribution < 1.29 is 4.74 Å². The third-order valence-electron chi connectivity index (χ3n) is 3.02. The molecule has 18 heavy (non-hydrogen) atoms. The number of aromatic nitrogens is 2. The van der Waals surface area contributed by atoms with Gasteiger partial charge in [0.2, 0.25) is 0 Å². The van der Waals surface area contributed by atoms with Crippen LogP contribution >= 0.6 is 0 Å². The maximum Gasteiger partial charge on any atom is 0.159 e. The first-order valence-electron chi connectivity index (χ1n) is 6.70. The molecule has 4 heteroatoms. The Labute approximate surface area is 110 Å². The second kappa shape index (κ2) is 6.69. The zero-order valence-corrected chi connectivity index (χ0v) is 12.4. The van der Waals surface area contributed by atoms with Gasteiger partial charge < -0.3 is 10.1 Å². The summed E-state index contributed by atoms with van der Waals surface area (Å²) < 4.78 is 5.42. The van der Waals surface area contributed by atoms with E-state index in [4.69, 9.17) is 4.74 Å². The zero-order valence-electron chi connectivity index (χ0n) is 12.4. The summed E-state index contributed by atoms with van der Waals surface area (Å²) in [5, 5.41) is 3.34. The van der Waals surface area contributed by atoms with Crippen LogP contribution in [0.15, 0.2) is 0 Å². The minimum absolute atomic E-state index is 0.0256. The number of rotatable bonds is 6. The molecular weight excluding hydrogens is 226 g/mol. The first kappa shape index (κ1) is 14.9. The Kier molecular flexibility index (Phi) is 5.54. The van der Waals surface area contributed by atoms with Crippen molar-refractivity contribution in [2.45, 2.75) is 53.1 Å². The lowest BCUT2D eigenvalue weighted by Crippen LogP contribution is -2.14. The van der Waals surface area contributed by atoms with E-state index in [0.29, 0.717) is 5.92 Å². The molecule has 0 bridgehead atoms. The van der Waals surface area contributed by atoms with Crippen LogP contribution in [-0.4, -0.2) is 23.6 Å². The third-order valence-corrected chi connectivity index (χ3v) is 3.02. The average Bonchev–Trinajstić information content (AvgIpc) is 2.30. The van der Waals surface area contributed by atoms with Gasteiger partial charge in [0, 0.05) is 24.9 Å². The lowest BCUT2D eigenvalue weighted by atomic mass is 10.0. The van der Waals surface area contributed by atoms with Crippen LogP contribution in [0.1, 0.15) is 63.2 Å². The molecule has 0 radical (unpaired) electrons. The summed E-state index contributed by atoms with van der Waals surface area (Å²) >= 11 is 0. The van der Waals surface area contributed by atoms with E-state index in [0.717, 1.165) is 30.3 Å². The molecule has 1 atom stereocenters. The van der Waals surface area contributed by atoms with Crippen molar-refractivity contribution in [2.24, 2.45) is 0 Å². The second-order valence-electron chi connectivity index (χ2n) is 4.75. The third kappa shape index (κ3) is 3.19. The molecule has 4 nitrogen and oxygen atoms in total. The second-order valence-corrected chi connectivity index (χ2v) is 4.75. The van der Waals surface area contributed by atoms with Crippen LogP contribution in [0.25, 0.3) is 0 Å². The summed E-state index contributed by atoms with van der Waals surface area (Å²) in [5.41, 5.74) is 2.24. The summed E-state index contributed by atoms with van der Waals surface area (Å²) in [6.07, 6.45) is 0.852. The van der Waals surface area contributed by atoms with Crippen LogP contribution in [0.4, 0.5) is 5.82 Å². The Bertz CT molecular complexity index is 387. The van der Waals surface area contributed by atoms with Crippen molar-refractivity contribution in [2.75, 3.05) is 19.0 Å². The van der Waals surface area contributed by atoms with Crippen molar-refractivity contribution in [1.82, 2.24) is 9.97 Å². The van der Waals surface area contributed by atoms with Crippen LogP contribution in [0.3, 0.4) is 0 Å². The van der Waals surface area contributed by atoms with Gasteiger partial charge in [-0.15, -0.1) is 0 Å². The van der Waals surface area contributed by atoms with E-state index in [1.807, 2.05) is 6.92 Å². The number of aryl methyl sites for hydroxylation is 1. The largest absolute Gasteiger partial charge is 0.373 e. The van der Waals surface area contributed by atoms with Gasteiger partial charge in [0.25, 0.3) is 0 Å². The van der Waals surface area contributed by atoms with Gasteiger partial charge in [0.05, 0.1) is 0 Å². The molecule has 0 aromatic carbocycles. The summed E-state index contributed by atoms with van der Waals surface area (Å²) in [6, 6.07) is 0. The van der Waals surface area contributed by atoms with Gasteiger partial charge in [-0.1, -0.05) is 20.8 Å². The summed E-state index contributed by atoms with van der Waals surface area (Å²) in [4.78, 5) is 9.24. The molecule has 0 saturated heterocycles. The van der Waals surface area contributed by atoms with E-state index in [-0.39, 0.29) is 6.10 Å². The summed E-state index contributed by atoms with van der Waals surface area (Å²) in [6.45, 7) is 11.4. The van der Waals surface area contributed by atoms with Gasteiger partial charge >= 0.3 is 0 Å². The molecule has 1 N–H and O–H groups in total. The molecule has 102 valence electrons. The maximum absolute atomic E-state index is 5.42. The normalized spacial score (nSPS) is 12.8. The van der Waals surface area contributed by atoms with Crippen molar-refractivity contribution in [3.8, 4) is 0 Å². The first-order chi connectivity index (χ1) is 8.54. The van der Waals surface area contributed by atoms with Crippen LogP contribution in [0.2, 0.25) is 0 Å². The molecule has 0 aliphatic heterocycles. The standard InChI is InChI=1S/C14H25N3O/c1-7-11(18-6)13-16-10(5)12(9(3)4)14(17-13)15-8-2/h9,11H,7-8H2,1-6H3,(H,15,16,17). The predicted molar refractivity (Wildman–Crippen MR) is 75.1 cm³/mol. The van der Waals surface area contributed by atoms with Gasteiger partial charge in [-0.2, -0.15) is 0 Å². The lowest BCUT2D eigenvalue weighted by Gasteiger charge is -2.19. The Hall–Kier alpha value is -1.16. The number of hydrogen-bond acceptors (Lipinski definition) is 4. The van der Waals surface area contributed by atoms with E-state index in [1.54, 1.807) is 7.11 Å². The van der Waals surface area contributed by atoms with Gasteiger partial charge in [-0.3, -0.25) is 0 Å². The average molecular weight is 251 g/mol. The quantitative estimate of drug-likeness (QED) is 0.841. The number of hydrogen-bond donors (Lipinski definition) is 1. The van der Waals surface area contributed by atoms with Gasteiger partial charge in [0.1, 0.15) is 11.9 Å². The zero-order chi connectivity index (χ0) is 13.7. The van der Waals surface area contributed by atoms with Crippen LogP contribution in [0, 0.1) is 6.92 Å². The van der Waals surface area contributed by atoms with Gasteiger partial charge in [-0.25, -0.2) is 9.97 Å². The Morgan fingerprint density at radius 3 is 2.33 bits per heavy atom. The van der Waals surface area contributed by atoms with Crippen molar-refractivity contribution in [3.05, 3.63) is 17.1 Å². The maximum atomic E-state index is 5.42. The van der Waals surface area contributed by atoms with Gasteiger partial charge in [0.15, 0.2) is 5.82 Å². The van der Waals surface area contributed by atoms with Crippen LogP contribution < -0.4 is 5.32 Å². The van der Waals surface area contributed by atoms with Crippen LogP contribution in [0.5, 0.6) is 0 Å². The molecule has 0 fully saturated rings. The number of ether oxygens (including phenoxy) is 1. The fraction of sp³-hybridized carbons (Fsp3) is 0.714. The molecular formula is C14H25N3O. The molecule has 1 rings (SSSR count). The minimum atomic E-state index is -0.0256. The van der Waals surface area contributed by atoms with E-state index in [9.17, 15) is 0 Å². The Morgan fingerprint density at radius 2 is 1.89 bits per heavy atom. The molecule has 0 amide bonds. The SMILES string of the molecule is CCNc1nc(C(CC)OC)nc(C)c1C(C)C. The Balaban J connectivity index is 3.26. The molecule has 0 spiro atoms. The highest BCUT2D eigenvalue weighted by Crippen LogP contribution is 2.27. The summed E-state index contributed by atoms with van der Waals surface area (Å²) in [7, 11) is 1.70. The highest BCUT2D eigenvalue weighted by molar-refractivity contribution is 5.48. The minimum Gasteiger partial charge on any atom is -0.373 e. The monoisotopic (exact) mass is 251 g/mol. The molecule has 1 heterocycles. The van der Waals surface area contributed by atoms with Crippen molar-refractivity contribution in [1.29, 1.82) is 0 Å². The van der Waals surface area contributed by atoms with E-state index < -0.39 is 0 Å². The number of nitrogens with zero attached hydrogens (tertiary/aromatic N) is 2. The number of anilines is 1. The van der Waals surface area contributed by atoms with E-state index in [2.05, 4.69) is 43.0 Å². The molecule has 0 aliphatic carbocycles. The highest BCUT2D eigenvalue weighted by Gasteiger charge is 2.18. The molecule has 1 unspecified atom stereocenters. The predicted octanol–water partition coefficient (Wildman–Crippen LogP) is 3.44. The van der Waals surface area contributed by atoms with E-state index in [1.165, 1.54) is 5.56 Å². The van der Waals surface area contributed by atoms with Crippen molar-refractivity contribution in [3.63, 3.8) is 0 Å². The fourth-order valence-electron chi connectivity index (χ4n) is 2.20. The summed E-state index contributed by atoms with van der Waals surface area (Å²) in [5.74, 6) is 2.14.